The van der Waals surface area contributed by atoms with Crippen molar-refractivity contribution in [3.8, 4) is 11.5 Å². The summed E-state index contributed by atoms with van der Waals surface area (Å²) in [6.07, 6.45) is 0. The molecule has 0 saturated heterocycles. The number of Topliss-reactive ketones (excluding diaryl/α,β-unsaturated/α-hetero) is 1. The molecule has 7 heteroatoms. The number of rotatable bonds is 7. The maximum atomic E-state index is 12.8. The first-order chi connectivity index (χ1) is 15.3. The van der Waals surface area contributed by atoms with Crippen LogP contribution < -0.4 is 14.4 Å². The van der Waals surface area contributed by atoms with Gasteiger partial charge in [0.05, 0.1) is 5.56 Å². The van der Waals surface area contributed by atoms with Crippen molar-refractivity contribution in [2.24, 2.45) is 0 Å². The smallest absolute Gasteiger partial charge is 0.338 e. The van der Waals surface area contributed by atoms with Crippen LogP contribution in [0.3, 0.4) is 0 Å². The van der Waals surface area contributed by atoms with Crippen LogP contribution in [-0.2, 0) is 11.3 Å². The van der Waals surface area contributed by atoms with E-state index in [-0.39, 0.29) is 19.2 Å². The van der Waals surface area contributed by atoms with Gasteiger partial charge in [0.2, 0.25) is 12.6 Å². The summed E-state index contributed by atoms with van der Waals surface area (Å²) in [6, 6.07) is 14.7. The molecule has 166 valence electrons. The molecule has 7 nitrogen and oxygen atoms in total. The summed E-state index contributed by atoms with van der Waals surface area (Å²) >= 11 is 0. The summed E-state index contributed by atoms with van der Waals surface area (Å²) < 4.78 is 18.2. The van der Waals surface area contributed by atoms with Crippen molar-refractivity contribution in [2.45, 2.75) is 20.4 Å². The minimum absolute atomic E-state index is 0.228. The third-order valence-corrected chi connectivity index (χ3v) is 5.61. The maximum Gasteiger partial charge on any atom is 0.338 e. The van der Waals surface area contributed by atoms with Gasteiger partial charge in [-0.2, -0.15) is 0 Å². The first kappa shape index (κ1) is 21.5. The lowest BCUT2D eigenvalue weighted by Gasteiger charge is -2.12. The second-order valence-electron chi connectivity index (χ2n) is 8.00. The summed E-state index contributed by atoms with van der Waals surface area (Å²) in [5.74, 6) is 0.724. The van der Waals surface area contributed by atoms with Gasteiger partial charge in [0, 0.05) is 43.3 Å². The predicted octanol–water partition coefficient (Wildman–Crippen LogP) is 3.99. The van der Waals surface area contributed by atoms with Crippen LogP contribution in [0.4, 0.5) is 5.69 Å². The number of carbonyl (C=O) groups is 2. The zero-order valence-corrected chi connectivity index (χ0v) is 18.7. The van der Waals surface area contributed by atoms with Gasteiger partial charge in [-0.1, -0.05) is 6.07 Å². The molecule has 0 unspecified atom stereocenters. The first-order valence-electron chi connectivity index (χ1n) is 10.4. The van der Waals surface area contributed by atoms with Crippen molar-refractivity contribution in [2.75, 3.05) is 32.4 Å². The Bertz CT molecular complexity index is 1160. The Labute approximate surface area is 187 Å². The highest BCUT2D eigenvalue weighted by Crippen LogP contribution is 2.33. The van der Waals surface area contributed by atoms with Crippen LogP contribution in [-0.4, -0.2) is 43.8 Å². The van der Waals surface area contributed by atoms with Crippen molar-refractivity contribution in [1.82, 2.24) is 4.57 Å². The fourth-order valence-electron chi connectivity index (χ4n) is 3.74. The van der Waals surface area contributed by atoms with E-state index in [1.165, 1.54) is 0 Å². The van der Waals surface area contributed by atoms with Crippen LogP contribution in [0.2, 0.25) is 0 Å². The second-order valence-corrected chi connectivity index (χ2v) is 8.00. The molecule has 0 fully saturated rings. The van der Waals surface area contributed by atoms with E-state index in [4.69, 9.17) is 14.2 Å². The molecule has 1 aromatic heterocycles. The van der Waals surface area contributed by atoms with E-state index in [0.29, 0.717) is 17.7 Å². The van der Waals surface area contributed by atoms with Crippen molar-refractivity contribution in [1.29, 1.82) is 0 Å². The Hall–Kier alpha value is -3.74. The van der Waals surface area contributed by atoms with E-state index >= 15 is 0 Å². The Balaban J connectivity index is 1.42. The average molecular weight is 434 g/mol. The largest absolute Gasteiger partial charge is 0.454 e. The minimum atomic E-state index is -0.516. The van der Waals surface area contributed by atoms with E-state index in [9.17, 15) is 9.59 Å². The molecule has 0 atom stereocenters. The lowest BCUT2D eigenvalue weighted by atomic mass is 10.1. The van der Waals surface area contributed by atoms with E-state index < -0.39 is 5.97 Å². The molecule has 1 aliphatic rings. The average Bonchev–Trinajstić information content (AvgIpc) is 3.36. The van der Waals surface area contributed by atoms with Crippen LogP contribution in [0.1, 0.15) is 37.7 Å². The van der Waals surface area contributed by atoms with Gasteiger partial charge in [0.25, 0.3) is 0 Å². The van der Waals surface area contributed by atoms with E-state index in [0.717, 1.165) is 34.1 Å². The van der Waals surface area contributed by atoms with E-state index in [2.05, 4.69) is 4.57 Å². The number of nitrogens with zero attached hydrogens (tertiary/aromatic N) is 2. The molecule has 2 heterocycles. The number of carbonyl (C=O) groups excluding carboxylic acids is 2. The standard InChI is InChI=1S/C25H26N2O5/c1-16-11-21(17(2)27(16)13-18-5-10-23-24(12-18)32-15-31-23)22(28)14-30-25(29)19-6-8-20(9-7-19)26(3)4/h5-12H,13-15H2,1-4H3. The Morgan fingerprint density at radius 3 is 2.44 bits per heavy atom. The quantitative estimate of drug-likeness (QED) is 0.414. The number of esters is 1. The number of ether oxygens (including phenoxy) is 3. The molecule has 0 amide bonds. The molecule has 0 aliphatic carbocycles. The Morgan fingerprint density at radius 1 is 1.00 bits per heavy atom. The van der Waals surface area contributed by atoms with Gasteiger partial charge in [-0.05, 0) is 61.9 Å². The van der Waals surface area contributed by atoms with Gasteiger partial charge >= 0.3 is 5.97 Å². The normalized spacial score (nSPS) is 12.0. The van der Waals surface area contributed by atoms with Crippen molar-refractivity contribution in [3.63, 3.8) is 0 Å². The van der Waals surface area contributed by atoms with E-state index in [1.807, 2.05) is 69.2 Å². The highest BCUT2D eigenvalue weighted by atomic mass is 16.7. The molecule has 0 bridgehead atoms. The number of benzene rings is 2. The monoisotopic (exact) mass is 434 g/mol. The lowest BCUT2D eigenvalue weighted by Crippen LogP contribution is -2.15. The van der Waals surface area contributed by atoms with Gasteiger partial charge in [0.15, 0.2) is 18.1 Å². The lowest BCUT2D eigenvalue weighted by molar-refractivity contribution is 0.0474. The van der Waals surface area contributed by atoms with Gasteiger partial charge in [-0.15, -0.1) is 0 Å². The van der Waals surface area contributed by atoms with Gasteiger partial charge in [0.1, 0.15) is 0 Å². The van der Waals surface area contributed by atoms with Crippen LogP contribution >= 0.6 is 0 Å². The number of ketones is 1. The zero-order valence-electron chi connectivity index (χ0n) is 18.7. The summed E-state index contributed by atoms with van der Waals surface area (Å²) in [5.41, 5.74) is 4.77. The molecular formula is C25H26N2O5. The first-order valence-corrected chi connectivity index (χ1v) is 10.4. The van der Waals surface area contributed by atoms with Gasteiger partial charge in [-0.3, -0.25) is 4.79 Å². The van der Waals surface area contributed by atoms with Crippen molar-refractivity contribution < 1.29 is 23.8 Å². The number of anilines is 1. The SMILES string of the molecule is Cc1cc(C(=O)COC(=O)c2ccc(N(C)C)cc2)c(C)n1Cc1ccc2c(c1)OCO2. The molecule has 0 radical (unpaired) electrons. The van der Waals surface area contributed by atoms with Gasteiger partial charge in [-0.25, -0.2) is 4.79 Å². The van der Waals surface area contributed by atoms with E-state index in [1.54, 1.807) is 12.1 Å². The Kier molecular flexibility index (Phi) is 5.90. The predicted molar refractivity (Wildman–Crippen MR) is 121 cm³/mol. The van der Waals surface area contributed by atoms with Crippen molar-refractivity contribution in [3.05, 3.63) is 76.6 Å². The van der Waals surface area contributed by atoms with Crippen molar-refractivity contribution >= 4 is 17.4 Å². The molecule has 0 saturated carbocycles. The molecular weight excluding hydrogens is 408 g/mol. The molecule has 2 aromatic carbocycles. The number of aryl methyl sites for hydroxylation is 1. The summed E-state index contributed by atoms with van der Waals surface area (Å²) in [6.45, 7) is 4.38. The van der Waals surface area contributed by atoms with Gasteiger partial charge < -0.3 is 23.7 Å². The topological polar surface area (TPSA) is 70.0 Å². The highest BCUT2D eigenvalue weighted by Gasteiger charge is 2.19. The van der Waals surface area contributed by atoms with Crippen LogP contribution in [0.5, 0.6) is 11.5 Å². The summed E-state index contributed by atoms with van der Waals surface area (Å²) in [7, 11) is 3.85. The minimum Gasteiger partial charge on any atom is -0.454 e. The molecule has 4 rings (SSSR count). The summed E-state index contributed by atoms with van der Waals surface area (Å²) in [5, 5.41) is 0. The second kappa shape index (κ2) is 8.78. The third-order valence-electron chi connectivity index (χ3n) is 5.61. The highest BCUT2D eigenvalue weighted by molar-refractivity contribution is 6.00. The van der Waals surface area contributed by atoms with Crippen LogP contribution in [0.25, 0.3) is 0 Å². The maximum absolute atomic E-state index is 12.8. The molecule has 32 heavy (non-hydrogen) atoms. The molecule has 1 aliphatic heterocycles. The fourth-order valence-corrected chi connectivity index (χ4v) is 3.74. The molecule has 3 aromatic rings. The number of hydrogen-bond donors (Lipinski definition) is 0. The Morgan fingerprint density at radius 2 is 1.72 bits per heavy atom. The van der Waals surface area contributed by atoms with Crippen LogP contribution in [0, 0.1) is 13.8 Å². The summed E-state index contributed by atoms with van der Waals surface area (Å²) in [4.78, 5) is 27.1. The van der Waals surface area contributed by atoms with Crippen LogP contribution in [0.15, 0.2) is 48.5 Å². The zero-order chi connectivity index (χ0) is 22.8. The third kappa shape index (κ3) is 4.32. The fraction of sp³-hybridized carbons (Fsp3) is 0.280. The number of aromatic nitrogens is 1. The number of hydrogen-bond acceptors (Lipinski definition) is 6. The molecule has 0 N–H and O–H groups in total. The number of fused-ring (bicyclic) bond motifs is 1. The molecule has 0 spiro atoms.